The quantitative estimate of drug-likeness (QED) is 0.884. The minimum Gasteiger partial charge on any atom is -0.356 e. The van der Waals surface area contributed by atoms with Crippen LogP contribution in [0.1, 0.15) is 30.4 Å². The van der Waals surface area contributed by atoms with Crippen molar-refractivity contribution in [3.8, 4) is 0 Å². The molecule has 0 bridgehead atoms. The third-order valence-electron chi connectivity index (χ3n) is 6.13. The van der Waals surface area contributed by atoms with Crippen molar-refractivity contribution in [1.29, 1.82) is 0 Å². The van der Waals surface area contributed by atoms with E-state index in [1.165, 1.54) is 11.1 Å². The second-order valence-corrected chi connectivity index (χ2v) is 7.99. The van der Waals surface area contributed by atoms with Crippen molar-refractivity contribution in [3.63, 3.8) is 0 Å². The normalized spacial score (nSPS) is 23.0. The molecule has 2 fully saturated rings. The average Bonchev–Trinajstić information content (AvgIpc) is 3.11. The average molecular weight is 369 g/mol. The maximum Gasteiger partial charge on any atom is 0.224 e. The predicted octanol–water partition coefficient (Wildman–Crippen LogP) is 4.01. The van der Waals surface area contributed by atoms with Gasteiger partial charge in [0.25, 0.3) is 0 Å². The molecule has 2 heterocycles. The van der Waals surface area contributed by atoms with Gasteiger partial charge in [0, 0.05) is 29.4 Å². The number of likely N-dealkylation sites (tertiary alicyclic amines) is 1. The fourth-order valence-electron chi connectivity index (χ4n) is 4.69. The van der Waals surface area contributed by atoms with Crippen LogP contribution in [0.25, 0.3) is 0 Å². The van der Waals surface area contributed by atoms with E-state index >= 15 is 0 Å². The molecule has 4 heteroatoms. The minimum absolute atomic E-state index is 0.0711. The molecule has 2 aromatic rings. The summed E-state index contributed by atoms with van der Waals surface area (Å²) in [5, 5.41) is 3.80. The van der Waals surface area contributed by atoms with E-state index in [0.29, 0.717) is 0 Å². The fourth-order valence-corrected chi connectivity index (χ4v) is 4.82. The number of rotatable bonds is 4. The molecule has 2 saturated heterocycles. The highest BCUT2D eigenvalue weighted by Crippen LogP contribution is 2.45. The molecule has 2 aromatic carbocycles. The Morgan fingerprint density at radius 3 is 2.35 bits per heavy atom. The van der Waals surface area contributed by atoms with E-state index in [9.17, 15) is 4.79 Å². The molecule has 136 valence electrons. The van der Waals surface area contributed by atoms with Gasteiger partial charge < -0.3 is 5.32 Å². The van der Waals surface area contributed by atoms with Crippen molar-refractivity contribution in [3.05, 3.63) is 70.7 Å². The van der Waals surface area contributed by atoms with Gasteiger partial charge >= 0.3 is 0 Å². The first kappa shape index (κ1) is 17.6. The van der Waals surface area contributed by atoms with Gasteiger partial charge in [-0.05, 0) is 55.6 Å². The summed E-state index contributed by atoms with van der Waals surface area (Å²) in [7, 11) is 0. The van der Waals surface area contributed by atoms with Gasteiger partial charge in [-0.15, -0.1) is 0 Å². The fraction of sp³-hybridized carbons (Fsp3) is 0.409. The van der Waals surface area contributed by atoms with E-state index in [2.05, 4.69) is 52.7 Å². The third-order valence-corrected chi connectivity index (χ3v) is 6.38. The summed E-state index contributed by atoms with van der Waals surface area (Å²) in [4.78, 5) is 15.1. The Balaban J connectivity index is 1.56. The summed E-state index contributed by atoms with van der Waals surface area (Å²) in [6.45, 7) is 3.81. The van der Waals surface area contributed by atoms with E-state index in [0.717, 1.165) is 50.5 Å². The SMILES string of the molecule is O=C1NCCC1C1(c2ccc(Cl)cc2)CCN(Cc2ccccc2)CC1. The van der Waals surface area contributed by atoms with Crippen LogP contribution >= 0.6 is 11.6 Å². The number of benzene rings is 2. The highest BCUT2D eigenvalue weighted by atomic mass is 35.5. The van der Waals surface area contributed by atoms with Gasteiger partial charge in [-0.25, -0.2) is 0 Å². The first-order valence-electron chi connectivity index (χ1n) is 9.47. The molecule has 4 rings (SSSR count). The van der Waals surface area contributed by atoms with Gasteiger partial charge in [0.15, 0.2) is 0 Å². The second kappa shape index (κ2) is 7.42. The van der Waals surface area contributed by atoms with Crippen molar-refractivity contribution in [2.24, 2.45) is 5.92 Å². The minimum atomic E-state index is -0.0711. The summed E-state index contributed by atoms with van der Waals surface area (Å²) < 4.78 is 0. The number of nitrogens with one attached hydrogen (secondary N) is 1. The van der Waals surface area contributed by atoms with E-state index < -0.39 is 0 Å². The number of amides is 1. The van der Waals surface area contributed by atoms with Gasteiger partial charge in [0.1, 0.15) is 0 Å². The number of piperidine rings is 1. The Kier molecular flexibility index (Phi) is 5.01. The monoisotopic (exact) mass is 368 g/mol. The van der Waals surface area contributed by atoms with Crippen molar-refractivity contribution in [2.75, 3.05) is 19.6 Å². The molecule has 0 saturated carbocycles. The van der Waals surface area contributed by atoms with Gasteiger partial charge in [-0.3, -0.25) is 9.69 Å². The largest absolute Gasteiger partial charge is 0.356 e. The summed E-state index contributed by atoms with van der Waals surface area (Å²) in [6, 6.07) is 18.8. The molecule has 0 radical (unpaired) electrons. The van der Waals surface area contributed by atoms with Crippen molar-refractivity contribution >= 4 is 17.5 Å². The van der Waals surface area contributed by atoms with E-state index in [1.807, 2.05) is 12.1 Å². The summed E-state index contributed by atoms with van der Waals surface area (Å²) in [6.07, 6.45) is 2.96. The number of carbonyl (C=O) groups is 1. The number of nitrogens with zero attached hydrogens (tertiary/aromatic N) is 1. The molecule has 1 atom stereocenters. The van der Waals surface area contributed by atoms with Crippen LogP contribution in [-0.4, -0.2) is 30.4 Å². The second-order valence-electron chi connectivity index (χ2n) is 7.56. The predicted molar refractivity (Wildman–Crippen MR) is 105 cm³/mol. The summed E-state index contributed by atoms with van der Waals surface area (Å²) >= 11 is 6.11. The van der Waals surface area contributed by atoms with E-state index in [4.69, 9.17) is 11.6 Å². The van der Waals surface area contributed by atoms with Gasteiger partial charge in [0.2, 0.25) is 5.91 Å². The molecule has 3 nitrogen and oxygen atoms in total. The molecule has 0 aromatic heterocycles. The van der Waals surface area contributed by atoms with Gasteiger partial charge in [-0.2, -0.15) is 0 Å². The van der Waals surface area contributed by atoms with Crippen LogP contribution in [0, 0.1) is 5.92 Å². The Morgan fingerprint density at radius 2 is 1.73 bits per heavy atom. The zero-order valence-electron chi connectivity index (χ0n) is 15.0. The summed E-state index contributed by atoms with van der Waals surface area (Å²) in [5.41, 5.74) is 2.55. The highest BCUT2D eigenvalue weighted by molar-refractivity contribution is 6.30. The lowest BCUT2D eigenvalue weighted by Crippen LogP contribution is -2.48. The van der Waals surface area contributed by atoms with Crippen LogP contribution < -0.4 is 5.32 Å². The lowest BCUT2D eigenvalue weighted by molar-refractivity contribution is -0.125. The van der Waals surface area contributed by atoms with Crippen LogP contribution in [0.15, 0.2) is 54.6 Å². The first-order chi connectivity index (χ1) is 12.7. The number of hydrogen-bond acceptors (Lipinski definition) is 2. The van der Waals surface area contributed by atoms with E-state index in [1.54, 1.807) is 0 Å². The number of halogens is 1. The Bertz CT molecular complexity index is 751. The molecular weight excluding hydrogens is 344 g/mol. The Hall–Kier alpha value is -1.84. The maximum atomic E-state index is 12.5. The smallest absolute Gasteiger partial charge is 0.224 e. The molecule has 26 heavy (non-hydrogen) atoms. The zero-order valence-corrected chi connectivity index (χ0v) is 15.7. The van der Waals surface area contributed by atoms with Crippen molar-refractivity contribution in [2.45, 2.75) is 31.2 Å². The topological polar surface area (TPSA) is 32.3 Å². The highest BCUT2D eigenvalue weighted by Gasteiger charge is 2.47. The van der Waals surface area contributed by atoms with Crippen LogP contribution in [0.3, 0.4) is 0 Å². The standard InChI is InChI=1S/C22H25ClN2O/c23-19-8-6-18(7-9-19)22(20-10-13-24-21(20)26)11-14-25(15-12-22)16-17-4-2-1-3-5-17/h1-9,20H,10-16H2,(H,24,26). The Morgan fingerprint density at radius 1 is 1.04 bits per heavy atom. The molecule has 1 unspecified atom stereocenters. The third kappa shape index (κ3) is 3.38. The van der Waals surface area contributed by atoms with Gasteiger partial charge in [-0.1, -0.05) is 54.1 Å². The van der Waals surface area contributed by atoms with Crippen LogP contribution in [-0.2, 0) is 16.8 Å². The molecule has 1 amide bonds. The van der Waals surface area contributed by atoms with E-state index in [-0.39, 0.29) is 17.2 Å². The van der Waals surface area contributed by atoms with Crippen LogP contribution in [0.4, 0.5) is 0 Å². The molecule has 2 aliphatic rings. The van der Waals surface area contributed by atoms with Crippen LogP contribution in [0.2, 0.25) is 5.02 Å². The number of hydrogen-bond donors (Lipinski definition) is 1. The molecule has 1 N–H and O–H groups in total. The zero-order chi connectivity index (χ0) is 18.0. The van der Waals surface area contributed by atoms with Crippen LogP contribution in [0.5, 0.6) is 0 Å². The first-order valence-corrected chi connectivity index (χ1v) is 9.85. The molecule has 2 aliphatic heterocycles. The molecule has 0 aliphatic carbocycles. The Labute approximate surface area is 160 Å². The lowest BCUT2D eigenvalue weighted by Gasteiger charge is -2.45. The lowest BCUT2D eigenvalue weighted by atomic mass is 9.64. The van der Waals surface area contributed by atoms with Gasteiger partial charge in [0.05, 0.1) is 0 Å². The summed E-state index contributed by atoms with van der Waals surface area (Å²) in [5.74, 6) is 0.291. The van der Waals surface area contributed by atoms with Crippen molar-refractivity contribution in [1.82, 2.24) is 10.2 Å². The maximum absolute atomic E-state index is 12.5. The molecular formula is C22H25ClN2O. The van der Waals surface area contributed by atoms with Crippen molar-refractivity contribution < 1.29 is 4.79 Å². The molecule has 0 spiro atoms. The number of carbonyl (C=O) groups excluding carboxylic acids is 1.